The molecule has 6 nitrogen and oxygen atoms in total. The molecule has 1 N–H and O–H groups in total. The number of carbonyl (C=O) groups is 1. The van der Waals surface area contributed by atoms with Crippen molar-refractivity contribution >= 4 is 11.9 Å². The van der Waals surface area contributed by atoms with Crippen molar-refractivity contribution in [1.29, 1.82) is 0 Å². The van der Waals surface area contributed by atoms with Gasteiger partial charge in [-0.2, -0.15) is 0 Å². The van der Waals surface area contributed by atoms with E-state index in [2.05, 4.69) is 22.4 Å². The fraction of sp³-hybridized carbons (Fsp3) is 0.750. The number of hydrogen-bond donors (Lipinski definition) is 1. The van der Waals surface area contributed by atoms with Crippen LogP contribution in [0.1, 0.15) is 32.5 Å². The molecule has 1 amide bonds. The van der Waals surface area contributed by atoms with E-state index in [9.17, 15) is 4.79 Å². The first-order valence-electron chi connectivity index (χ1n) is 6.35. The SMILES string of the molecule is CCCCNC(=O)C(C)N(C)c1nnc(C)n1C. The number of aromatic nitrogens is 3. The number of amides is 1. The summed E-state index contributed by atoms with van der Waals surface area (Å²) >= 11 is 0. The van der Waals surface area contributed by atoms with Gasteiger partial charge in [-0.15, -0.1) is 10.2 Å². The summed E-state index contributed by atoms with van der Waals surface area (Å²) in [5.74, 6) is 1.55. The first-order chi connectivity index (χ1) is 8.49. The van der Waals surface area contributed by atoms with Crippen molar-refractivity contribution in [2.75, 3.05) is 18.5 Å². The van der Waals surface area contributed by atoms with E-state index < -0.39 is 0 Å². The molecule has 1 aromatic rings. The van der Waals surface area contributed by atoms with Gasteiger partial charge in [0.2, 0.25) is 11.9 Å². The third-order valence-electron chi connectivity index (χ3n) is 3.17. The van der Waals surface area contributed by atoms with Crippen LogP contribution in [0, 0.1) is 6.92 Å². The molecule has 0 bridgehead atoms. The Morgan fingerprint density at radius 1 is 1.50 bits per heavy atom. The second-order valence-electron chi connectivity index (χ2n) is 4.54. The minimum atomic E-state index is -0.260. The summed E-state index contributed by atoms with van der Waals surface area (Å²) in [6, 6.07) is -0.260. The van der Waals surface area contributed by atoms with E-state index in [0.717, 1.165) is 25.2 Å². The summed E-state index contributed by atoms with van der Waals surface area (Å²) in [6.07, 6.45) is 2.08. The van der Waals surface area contributed by atoms with Crippen LogP contribution in [0.4, 0.5) is 5.95 Å². The Hall–Kier alpha value is -1.59. The van der Waals surface area contributed by atoms with E-state index in [1.54, 1.807) is 0 Å². The molecule has 18 heavy (non-hydrogen) atoms. The van der Waals surface area contributed by atoms with E-state index in [1.165, 1.54) is 0 Å². The average molecular weight is 253 g/mol. The normalized spacial score (nSPS) is 12.3. The minimum Gasteiger partial charge on any atom is -0.354 e. The van der Waals surface area contributed by atoms with Gasteiger partial charge in [0.25, 0.3) is 0 Å². The second-order valence-corrected chi connectivity index (χ2v) is 4.54. The van der Waals surface area contributed by atoms with Crippen molar-refractivity contribution in [3.8, 4) is 0 Å². The van der Waals surface area contributed by atoms with E-state index in [-0.39, 0.29) is 11.9 Å². The molecule has 1 unspecified atom stereocenters. The van der Waals surface area contributed by atoms with Crippen LogP contribution in [0.15, 0.2) is 0 Å². The summed E-state index contributed by atoms with van der Waals surface area (Å²) in [5.41, 5.74) is 0. The predicted octanol–water partition coefficient (Wildman–Crippen LogP) is 0.865. The number of nitrogens with zero attached hydrogens (tertiary/aromatic N) is 4. The highest BCUT2D eigenvalue weighted by molar-refractivity contribution is 5.84. The van der Waals surface area contributed by atoms with Gasteiger partial charge in [0, 0.05) is 20.6 Å². The first kappa shape index (κ1) is 14.5. The van der Waals surface area contributed by atoms with E-state index >= 15 is 0 Å². The zero-order chi connectivity index (χ0) is 13.7. The molecular formula is C12H23N5O. The van der Waals surface area contributed by atoms with Crippen LogP contribution < -0.4 is 10.2 Å². The van der Waals surface area contributed by atoms with E-state index in [4.69, 9.17) is 0 Å². The quantitative estimate of drug-likeness (QED) is 0.764. The van der Waals surface area contributed by atoms with Crippen molar-refractivity contribution in [3.05, 3.63) is 5.82 Å². The van der Waals surface area contributed by atoms with Gasteiger partial charge in [-0.05, 0) is 20.3 Å². The number of carbonyl (C=O) groups excluding carboxylic acids is 1. The smallest absolute Gasteiger partial charge is 0.242 e. The Bertz CT molecular complexity index is 401. The third kappa shape index (κ3) is 3.21. The molecule has 1 atom stereocenters. The monoisotopic (exact) mass is 253 g/mol. The lowest BCUT2D eigenvalue weighted by atomic mass is 10.2. The summed E-state index contributed by atoms with van der Waals surface area (Å²) in [4.78, 5) is 13.8. The fourth-order valence-corrected chi connectivity index (χ4v) is 1.59. The third-order valence-corrected chi connectivity index (χ3v) is 3.17. The summed E-state index contributed by atoms with van der Waals surface area (Å²) in [7, 11) is 3.75. The van der Waals surface area contributed by atoms with Gasteiger partial charge in [-0.3, -0.25) is 4.79 Å². The molecule has 0 saturated carbocycles. The molecule has 0 fully saturated rings. The largest absolute Gasteiger partial charge is 0.354 e. The van der Waals surface area contributed by atoms with Gasteiger partial charge in [0.15, 0.2) is 0 Å². The highest BCUT2D eigenvalue weighted by atomic mass is 16.2. The van der Waals surface area contributed by atoms with Crippen molar-refractivity contribution < 1.29 is 4.79 Å². The molecule has 1 aromatic heterocycles. The number of hydrogen-bond acceptors (Lipinski definition) is 4. The molecule has 1 heterocycles. The Kier molecular flexibility index (Phi) is 5.12. The van der Waals surface area contributed by atoms with Crippen LogP contribution >= 0.6 is 0 Å². The van der Waals surface area contributed by atoms with Gasteiger partial charge in [-0.25, -0.2) is 0 Å². The highest BCUT2D eigenvalue weighted by Crippen LogP contribution is 2.12. The number of anilines is 1. The molecule has 0 spiro atoms. The van der Waals surface area contributed by atoms with Crippen LogP contribution in [-0.2, 0) is 11.8 Å². The number of unbranched alkanes of at least 4 members (excludes halogenated alkanes) is 1. The molecule has 0 aromatic carbocycles. The molecule has 102 valence electrons. The molecular weight excluding hydrogens is 230 g/mol. The van der Waals surface area contributed by atoms with Gasteiger partial charge in [0.1, 0.15) is 11.9 Å². The maximum Gasteiger partial charge on any atom is 0.242 e. The Morgan fingerprint density at radius 3 is 2.67 bits per heavy atom. The lowest BCUT2D eigenvalue weighted by molar-refractivity contribution is -0.122. The lowest BCUT2D eigenvalue weighted by Crippen LogP contribution is -2.44. The lowest BCUT2D eigenvalue weighted by Gasteiger charge is -2.24. The van der Waals surface area contributed by atoms with Crippen LogP contribution in [-0.4, -0.2) is 40.3 Å². The van der Waals surface area contributed by atoms with Crippen LogP contribution in [0.2, 0.25) is 0 Å². The summed E-state index contributed by atoms with van der Waals surface area (Å²) < 4.78 is 1.87. The standard InChI is InChI=1S/C12H23N5O/c1-6-7-8-13-11(18)9(2)16(4)12-15-14-10(3)17(12)5/h9H,6-8H2,1-5H3,(H,13,18). The van der Waals surface area contributed by atoms with Gasteiger partial charge in [0.05, 0.1) is 0 Å². The average Bonchev–Trinajstić information content (AvgIpc) is 2.68. The van der Waals surface area contributed by atoms with Gasteiger partial charge in [-0.1, -0.05) is 13.3 Å². The van der Waals surface area contributed by atoms with Crippen LogP contribution in [0.25, 0.3) is 0 Å². The van der Waals surface area contributed by atoms with E-state index in [0.29, 0.717) is 5.95 Å². The Labute approximate surface area is 108 Å². The summed E-state index contributed by atoms with van der Waals surface area (Å²) in [6.45, 7) is 6.58. The number of rotatable bonds is 6. The van der Waals surface area contributed by atoms with Crippen LogP contribution in [0.3, 0.4) is 0 Å². The molecule has 6 heteroatoms. The number of likely N-dealkylation sites (N-methyl/N-ethyl adjacent to an activating group) is 1. The maximum absolute atomic E-state index is 11.9. The van der Waals surface area contributed by atoms with Crippen molar-refractivity contribution in [3.63, 3.8) is 0 Å². The Balaban J connectivity index is 2.63. The van der Waals surface area contributed by atoms with Crippen molar-refractivity contribution in [2.24, 2.45) is 7.05 Å². The second kappa shape index (κ2) is 6.37. The number of aryl methyl sites for hydroxylation is 1. The highest BCUT2D eigenvalue weighted by Gasteiger charge is 2.21. The Morgan fingerprint density at radius 2 is 2.17 bits per heavy atom. The minimum absolute atomic E-state index is 0.0200. The molecule has 0 aliphatic heterocycles. The van der Waals surface area contributed by atoms with Crippen molar-refractivity contribution in [2.45, 2.75) is 39.7 Å². The molecule has 0 aliphatic rings. The fourth-order valence-electron chi connectivity index (χ4n) is 1.59. The maximum atomic E-state index is 11.9. The summed E-state index contributed by atoms with van der Waals surface area (Å²) in [5, 5.41) is 11.0. The molecule has 0 saturated heterocycles. The molecule has 0 radical (unpaired) electrons. The topological polar surface area (TPSA) is 63.1 Å². The zero-order valence-electron chi connectivity index (χ0n) is 11.9. The van der Waals surface area contributed by atoms with Gasteiger partial charge >= 0.3 is 0 Å². The first-order valence-corrected chi connectivity index (χ1v) is 6.35. The van der Waals surface area contributed by atoms with Crippen LogP contribution in [0.5, 0.6) is 0 Å². The zero-order valence-corrected chi connectivity index (χ0v) is 11.9. The molecule has 1 rings (SSSR count). The van der Waals surface area contributed by atoms with Crippen molar-refractivity contribution in [1.82, 2.24) is 20.1 Å². The van der Waals surface area contributed by atoms with E-state index in [1.807, 2.05) is 37.4 Å². The number of nitrogens with one attached hydrogen (secondary N) is 1. The molecule has 0 aliphatic carbocycles. The predicted molar refractivity (Wildman–Crippen MR) is 71.5 cm³/mol. The van der Waals surface area contributed by atoms with Gasteiger partial charge < -0.3 is 14.8 Å².